The molecule has 4 rings (SSSR count). The van der Waals surface area contributed by atoms with Gasteiger partial charge in [0.1, 0.15) is 5.75 Å². The Balaban J connectivity index is 1.47. The van der Waals surface area contributed by atoms with Gasteiger partial charge in [-0.3, -0.25) is 9.78 Å². The summed E-state index contributed by atoms with van der Waals surface area (Å²) in [6.45, 7) is 3.92. The molecule has 0 aliphatic heterocycles. The van der Waals surface area contributed by atoms with E-state index in [2.05, 4.69) is 20.4 Å². The summed E-state index contributed by atoms with van der Waals surface area (Å²) in [5, 5.41) is 6.86. The van der Waals surface area contributed by atoms with Crippen molar-refractivity contribution in [2.24, 2.45) is 0 Å². The van der Waals surface area contributed by atoms with E-state index in [-0.39, 0.29) is 12.5 Å². The number of benzene rings is 2. The minimum absolute atomic E-state index is 0.110. The Hall–Kier alpha value is -4.00. The van der Waals surface area contributed by atoms with Gasteiger partial charge in [-0.1, -0.05) is 23.4 Å². The van der Waals surface area contributed by atoms with Crippen LogP contribution in [0.1, 0.15) is 11.1 Å². The van der Waals surface area contributed by atoms with Crippen molar-refractivity contribution in [3.8, 4) is 28.6 Å². The molecule has 0 atom stereocenters. The lowest BCUT2D eigenvalue weighted by Crippen LogP contribution is -2.20. The minimum atomic E-state index is -0.285. The molecule has 30 heavy (non-hydrogen) atoms. The Morgan fingerprint density at radius 3 is 2.73 bits per heavy atom. The van der Waals surface area contributed by atoms with Crippen LogP contribution >= 0.6 is 0 Å². The standard InChI is InChI=1S/C23H20N4O3/c1-15-9-10-18(12-16(15)2)29-14-21(28)25-20-8-4-3-7-19(20)23-26-22(27-30-23)17-6-5-11-24-13-17/h3-13H,14H2,1-2H3,(H,25,28). The number of ether oxygens (including phenoxy) is 1. The maximum Gasteiger partial charge on any atom is 0.262 e. The normalized spacial score (nSPS) is 10.6. The van der Waals surface area contributed by atoms with Crippen molar-refractivity contribution in [1.29, 1.82) is 0 Å². The molecule has 1 N–H and O–H groups in total. The second-order valence-corrected chi connectivity index (χ2v) is 6.79. The molecule has 4 aromatic rings. The number of para-hydroxylation sites is 1. The van der Waals surface area contributed by atoms with Gasteiger partial charge >= 0.3 is 0 Å². The lowest BCUT2D eigenvalue weighted by Gasteiger charge is -2.10. The van der Waals surface area contributed by atoms with Crippen LogP contribution in [0.15, 0.2) is 71.5 Å². The highest BCUT2D eigenvalue weighted by molar-refractivity contribution is 5.95. The predicted molar refractivity (Wildman–Crippen MR) is 113 cm³/mol. The number of nitrogens with zero attached hydrogens (tertiary/aromatic N) is 3. The maximum atomic E-state index is 12.4. The summed E-state index contributed by atoms with van der Waals surface area (Å²) in [6, 6.07) is 16.6. The van der Waals surface area contributed by atoms with Crippen LogP contribution in [0.25, 0.3) is 22.8 Å². The maximum absolute atomic E-state index is 12.4. The number of hydrogen-bond donors (Lipinski definition) is 1. The van der Waals surface area contributed by atoms with Gasteiger partial charge in [-0.05, 0) is 61.4 Å². The molecule has 1 amide bonds. The third-order valence-corrected chi connectivity index (χ3v) is 4.63. The molecular formula is C23H20N4O3. The summed E-state index contributed by atoms with van der Waals surface area (Å²) in [5.41, 5.74) is 4.22. The van der Waals surface area contributed by atoms with E-state index in [0.29, 0.717) is 28.7 Å². The number of aryl methyl sites for hydroxylation is 2. The highest BCUT2D eigenvalue weighted by atomic mass is 16.5. The van der Waals surface area contributed by atoms with E-state index in [4.69, 9.17) is 9.26 Å². The zero-order chi connectivity index (χ0) is 20.9. The van der Waals surface area contributed by atoms with E-state index in [1.54, 1.807) is 30.6 Å². The van der Waals surface area contributed by atoms with Crippen molar-refractivity contribution in [2.75, 3.05) is 11.9 Å². The number of aromatic nitrogens is 3. The van der Waals surface area contributed by atoms with Crippen molar-refractivity contribution >= 4 is 11.6 Å². The summed E-state index contributed by atoms with van der Waals surface area (Å²) in [7, 11) is 0. The van der Waals surface area contributed by atoms with Crippen LogP contribution in [0, 0.1) is 13.8 Å². The number of anilines is 1. The lowest BCUT2D eigenvalue weighted by molar-refractivity contribution is -0.118. The first kappa shape index (κ1) is 19.3. The van der Waals surface area contributed by atoms with Crippen molar-refractivity contribution in [2.45, 2.75) is 13.8 Å². The topological polar surface area (TPSA) is 90.1 Å². The average Bonchev–Trinajstić information content (AvgIpc) is 3.26. The largest absolute Gasteiger partial charge is 0.484 e. The van der Waals surface area contributed by atoms with E-state index in [1.807, 2.05) is 50.2 Å². The molecule has 7 heteroatoms. The third-order valence-electron chi connectivity index (χ3n) is 4.63. The SMILES string of the molecule is Cc1ccc(OCC(=O)Nc2ccccc2-c2nc(-c3cccnc3)no2)cc1C. The Bertz CT molecular complexity index is 1170. The molecule has 150 valence electrons. The number of nitrogens with one attached hydrogen (secondary N) is 1. The van der Waals surface area contributed by atoms with Crippen molar-refractivity contribution in [3.05, 3.63) is 78.1 Å². The van der Waals surface area contributed by atoms with Crippen LogP contribution in [0.4, 0.5) is 5.69 Å². The average molecular weight is 400 g/mol. The van der Waals surface area contributed by atoms with E-state index in [9.17, 15) is 4.79 Å². The summed E-state index contributed by atoms with van der Waals surface area (Å²) in [6.07, 6.45) is 3.34. The zero-order valence-corrected chi connectivity index (χ0v) is 16.6. The highest BCUT2D eigenvalue weighted by Crippen LogP contribution is 2.28. The van der Waals surface area contributed by atoms with Gasteiger partial charge in [-0.15, -0.1) is 0 Å². The number of rotatable bonds is 6. The van der Waals surface area contributed by atoms with Crippen molar-refractivity contribution < 1.29 is 14.1 Å². The first-order chi connectivity index (χ1) is 14.6. The summed E-state index contributed by atoms with van der Waals surface area (Å²) >= 11 is 0. The fourth-order valence-corrected chi connectivity index (χ4v) is 2.86. The van der Waals surface area contributed by atoms with Crippen LogP contribution in [0.3, 0.4) is 0 Å². The van der Waals surface area contributed by atoms with Gasteiger partial charge < -0.3 is 14.6 Å². The zero-order valence-electron chi connectivity index (χ0n) is 16.6. The molecule has 0 unspecified atom stereocenters. The first-order valence-corrected chi connectivity index (χ1v) is 9.43. The molecule has 7 nitrogen and oxygen atoms in total. The van der Waals surface area contributed by atoms with Crippen molar-refractivity contribution in [1.82, 2.24) is 15.1 Å². The summed E-state index contributed by atoms with van der Waals surface area (Å²) < 4.78 is 11.0. The third kappa shape index (κ3) is 4.35. The molecule has 2 aromatic carbocycles. The predicted octanol–water partition coefficient (Wildman–Crippen LogP) is 4.43. The van der Waals surface area contributed by atoms with Crippen LogP contribution in [-0.2, 0) is 4.79 Å². The van der Waals surface area contributed by atoms with E-state index in [1.165, 1.54) is 5.56 Å². The quantitative estimate of drug-likeness (QED) is 0.515. The fourth-order valence-electron chi connectivity index (χ4n) is 2.86. The Morgan fingerprint density at radius 1 is 1.07 bits per heavy atom. The molecule has 2 aromatic heterocycles. The Labute approximate surface area is 173 Å². The van der Waals surface area contributed by atoms with E-state index < -0.39 is 0 Å². The minimum Gasteiger partial charge on any atom is -0.484 e. The smallest absolute Gasteiger partial charge is 0.262 e. The number of carbonyl (C=O) groups excluding carboxylic acids is 1. The summed E-state index contributed by atoms with van der Waals surface area (Å²) in [5.74, 6) is 1.10. The number of pyridine rings is 1. The van der Waals surface area contributed by atoms with Crippen LogP contribution in [0.5, 0.6) is 5.75 Å². The molecule has 2 heterocycles. The summed E-state index contributed by atoms with van der Waals surface area (Å²) in [4.78, 5) is 20.9. The molecule has 0 aliphatic carbocycles. The first-order valence-electron chi connectivity index (χ1n) is 9.43. The van der Waals surface area contributed by atoms with Gasteiger partial charge in [0.25, 0.3) is 11.8 Å². The van der Waals surface area contributed by atoms with E-state index >= 15 is 0 Å². The van der Waals surface area contributed by atoms with Gasteiger partial charge in [0.05, 0.1) is 11.3 Å². The fraction of sp³-hybridized carbons (Fsp3) is 0.130. The molecule has 0 bridgehead atoms. The molecule has 0 radical (unpaired) electrons. The number of amides is 1. The van der Waals surface area contributed by atoms with Gasteiger partial charge in [0.2, 0.25) is 5.82 Å². The van der Waals surface area contributed by atoms with Gasteiger partial charge in [0.15, 0.2) is 6.61 Å². The van der Waals surface area contributed by atoms with Gasteiger partial charge in [-0.2, -0.15) is 4.98 Å². The molecule has 0 saturated heterocycles. The number of hydrogen-bond acceptors (Lipinski definition) is 6. The molecule has 0 spiro atoms. The second-order valence-electron chi connectivity index (χ2n) is 6.79. The van der Waals surface area contributed by atoms with Gasteiger partial charge in [0, 0.05) is 18.0 Å². The van der Waals surface area contributed by atoms with Crippen LogP contribution < -0.4 is 10.1 Å². The van der Waals surface area contributed by atoms with E-state index in [0.717, 1.165) is 11.1 Å². The molecule has 0 saturated carbocycles. The Kier molecular flexibility index (Phi) is 5.52. The molecular weight excluding hydrogens is 380 g/mol. The van der Waals surface area contributed by atoms with Crippen molar-refractivity contribution in [3.63, 3.8) is 0 Å². The van der Waals surface area contributed by atoms with Crippen LogP contribution in [-0.4, -0.2) is 27.6 Å². The Morgan fingerprint density at radius 2 is 1.93 bits per heavy atom. The molecule has 0 fully saturated rings. The van der Waals surface area contributed by atoms with Gasteiger partial charge in [-0.25, -0.2) is 0 Å². The van der Waals surface area contributed by atoms with Crippen LogP contribution in [0.2, 0.25) is 0 Å². The number of carbonyl (C=O) groups is 1. The highest BCUT2D eigenvalue weighted by Gasteiger charge is 2.15. The molecule has 0 aliphatic rings. The monoisotopic (exact) mass is 400 g/mol. The second kappa shape index (κ2) is 8.57. The lowest BCUT2D eigenvalue weighted by atomic mass is 10.1.